The van der Waals surface area contributed by atoms with Gasteiger partial charge < -0.3 is 10.6 Å². The van der Waals surface area contributed by atoms with Gasteiger partial charge in [-0.25, -0.2) is 4.98 Å². The molecule has 0 saturated carbocycles. The van der Waals surface area contributed by atoms with Crippen LogP contribution in [0, 0.1) is 0 Å². The van der Waals surface area contributed by atoms with Crippen molar-refractivity contribution in [1.82, 2.24) is 4.98 Å². The molecule has 0 unspecified atom stereocenters. The van der Waals surface area contributed by atoms with Crippen molar-refractivity contribution in [3.05, 3.63) is 64.1 Å². The number of rotatable bonds is 2. The van der Waals surface area contributed by atoms with Crippen molar-refractivity contribution in [3.8, 4) is 0 Å². The van der Waals surface area contributed by atoms with Crippen molar-refractivity contribution in [2.24, 2.45) is 0 Å². The van der Waals surface area contributed by atoms with Crippen molar-refractivity contribution in [3.63, 3.8) is 0 Å². The molecule has 5 heteroatoms. The molecule has 0 saturated heterocycles. The maximum Gasteiger partial charge on any atom is 0.134 e. The molecule has 1 aliphatic rings. The van der Waals surface area contributed by atoms with E-state index in [1.54, 1.807) is 0 Å². The lowest BCUT2D eigenvalue weighted by atomic mass is 10.1. The molecule has 0 amide bonds. The van der Waals surface area contributed by atoms with Crippen molar-refractivity contribution in [1.29, 1.82) is 0 Å². The molecule has 118 valence electrons. The van der Waals surface area contributed by atoms with Crippen LogP contribution in [-0.4, -0.2) is 11.5 Å². The van der Waals surface area contributed by atoms with Crippen LogP contribution in [0.2, 0.25) is 0 Å². The van der Waals surface area contributed by atoms with E-state index in [1.807, 2.05) is 18.2 Å². The Kier molecular flexibility index (Phi) is 4.46. The van der Waals surface area contributed by atoms with Crippen LogP contribution in [0.1, 0.15) is 11.1 Å². The van der Waals surface area contributed by atoms with Gasteiger partial charge in [0.05, 0.1) is 5.52 Å². The third-order valence-corrected chi connectivity index (χ3v) is 4.71. The molecule has 0 radical (unpaired) electrons. The zero-order valence-electron chi connectivity index (χ0n) is 12.5. The fourth-order valence-electron chi connectivity index (χ4n) is 3.10. The predicted molar refractivity (Wildman–Crippen MR) is 102 cm³/mol. The van der Waals surface area contributed by atoms with Crippen LogP contribution in [0.25, 0.3) is 10.9 Å². The highest BCUT2D eigenvalue weighted by molar-refractivity contribution is 9.10. The fourth-order valence-corrected chi connectivity index (χ4v) is 3.47. The van der Waals surface area contributed by atoms with Gasteiger partial charge in [0.2, 0.25) is 0 Å². The zero-order chi connectivity index (χ0) is 15.1. The van der Waals surface area contributed by atoms with E-state index in [-0.39, 0.29) is 12.4 Å². The van der Waals surface area contributed by atoms with E-state index >= 15 is 0 Å². The molecule has 23 heavy (non-hydrogen) atoms. The van der Waals surface area contributed by atoms with Crippen molar-refractivity contribution in [2.75, 3.05) is 17.2 Å². The molecular weight excluding hydrogens is 374 g/mol. The van der Waals surface area contributed by atoms with Crippen LogP contribution in [0.15, 0.2) is 53.0 Å². The summed E-state index contributed by atoms with van der Waals surface area (Å²) in [6.45, 7) is 1.85. The van der Waals surface area contributed by atoms with E-state index in [0.29, 0.717) is 0 Å². The minimum Gasteiger partial charge on any atom is -0.398 e. The van der Waals surface area contributed by atoms with Crippen molar-refractivity contribution >= 4 is 50.7 Å². The Bertz CT molecular complexity index is 852. The quantitative estimate of drug-likeness (QED) is 0.697. The Morgan fingerprint density at radius 2 is 1.91 bits per heavy atom. The number of aromatic nitrogens is 1. The van der Waals surface area contributed by atoms with Crippen molar-refractivity contribution in [2.45, 2.75) is 13.0 Å². The second-order valence-electron chi connectivity index (χ2n) is 5.65. The van der Waals surface area contributed by atoms with E-state index in [4.69, 9.17) is 10.7 Å². The molecule has 1 aromatic heterocycles. The summed E-state index contributed by atoms with van der Waals surface area (Å²) in [5.74, 6) is 1.04. The van der Waals surface area contributed by atoms with Crippen LogP contribution in [0.5, 0.6) is 0 Å². The molecule has 0 fully saturated rings. The lowest BCUT2D eigenvalue weighted by Crippen LogP contribution is -2.20. The number of halogens is 2. The van der Waals surface area contributed by atoms with Gasteiger partial charge in [0.15, 0.2) is 0 Å². The molecule has 0 spiro atoms. The summed E-state index contributed by atoms with van der Waals surface area (Å²) in [5, 5.41) is 1.04. The molecule has 2 heterocycles. The average Bonchev–Trinajstić information content (AvgIpc) is 2.93. The highest BCUT2D eigenvalue weighted by Crippen LogP contribution is 2.37. The summed E-state index contributed by atoms with van der Waals surface area (Å²) >= 11 is 3.51. The number of pyridine rings is 1. The summed E-state index contributed by atoms with van der Waals surface area (Å²) < 4.78 is 1.03. The summed E-state index contributed by atoms with van der Waals surface area (Å²) in [5.41, 5.74) is 10.7. The van der Waals surface area contributed by atoms with E-state index in [9.17, 15) is 0 Å². The van der Waals surface area contributed by atoms with E-state index in [2.05, 4.69) is 51.2 Å². The van der Waals surface area contributed by atoms with Gasteiger partial charge in [-0.1, -0.05) is 46.3 Å². The SMILES string of the molecule is Cl.Nc1c2c(nc3ccc(Br)cc13)N(Cc1ccccc1)CC2. The molecule has 1 aliphatic heterocycles. The number of hydrogen-bond acceptors (Lipinski definition) is 3. The van der Waals surface area contributed by atoms with Gasteiger partial charge >= 0.3 is 0 Å². The first-order valence-electron chi connectivity index (χ1n) is 7.39. The molecule has 0 bridgehead atoms. The number of hydrogen-bond donors (Lipinski definition) is 1. The van der Waals surface area contributed by atoms with Crippen LogP contribution < -0.4 is 10.6 Å². The Hall–Kier alpha value is -1.78. The fraction of sp³-hybridized carbons (Fsp3) is 0.167. The minimum atomic E-state index is 0. The first-order chi connectivity index (χ1) is 10.7. The third-order valence-electron chi connectivity index (χ3n) is 4.22. The topological polar surface area (TPSA) is 42.1 Å². The van der Waals surface area contributed by atoms with Crippen molar-refractivity contribution < 1.29 is 0 Å². The number of nitrogens with two attached hydrogens (primary N) is 1. The monoisotopic (exact) mass is 389 g/mol. The van der Waals surface area contributed by atoms with Crippen LogP contribution in [0.3, 0.4) is 0 Å². The molecule has 4 rings (SSSR count). The number of benzene rings is 2. The lowest BCUT2D eigenvalue weighted by molar-refractivity contribution is 0.827. The molecular formula is C18H17BrClN3. The summed E-state index contributed by atoms with van der Waals surface area (Å²) in [7, 11) is 0. The van der Waals surface area contributed by atoms with E-state index < -0.39 is 0 Å². The molecule has 0 atom stereocenters. The van der Waals surface area contributed by atoms with Crippen LogP contribution >= 0.6 is 28.3 Å². The first kappa shape index (κ1) is 16.1. The Morgan fingerprint density at radius 3 is 2.70 bits per heavy atom. The van der Waals surface area contributed by atoms with Gasteiger partial charge in [0.25, 0.3) is 0 Å². The smallest absolute Gasteiger partial charge is 0.134 e. The molecule has 2 N–H and O–H groups in total. The van der Waals surface area contributed by atoms with Gasteiger partial charge in [0.1, 0.15) is 5.82 Å². The number of nitrogen functional groups attached to an aromatic ring is 1. The molecule has 2 aromatic carbocycles. The number of fused-ring (bicyclic) bond motifs is 2. The van der Waals surface area contributed by atoms with Crippen LogP contribution in [-0.2, 0) is 13.0 Å². The van der Waals surface area contributed by atoms with Crippen LogP contribution in [0.4, 0.5) is 11.5 Å². The molecule has 0 aliphatic carbocycles. The van der Waals surface area contributed by atoms with Gasteiger partial charge in [-0.15, -0.1) is 12.4 Å². The highest BCUT2D eigenvalue weighted by Gasteiger charge is 2.24. The standard InChI is InChI=1S/C18H16BrN3.ClH/c19-13-6-7-16-15(10-13)17(20)14-8-9-22(18(14)21-16)11-12-4-2-1-3-5-12;/h1-7,10H,8-9,11H2,(H2,20,21);1H. The summed E-state index contributed by atoms with van der Waals surface area (Å²) in [6, 6.07) is 16.6. The molecule has 3 aromatic rings. The Balaban J connectivity index is 0.00000156. The second-order valence-corrected chi connectivity index (χ2v) is 6.56. The maximum absolute atomic E-state index is 6.41. The first-order valence-corrected chi connectivity index (χ1v) is 8.18. The largest absolute Gasteiger partial charge is 0.398 e. The predicted octanol–water partition coefficient (Wildman–Crippen LogP) is 4.56. The average molecular weight is 391 g/mol. The summed E-state index contributed by atoms with van der Waals surface area (Å²) in [4.78, 5) is 7.18. The normalized spacial score (nSPS) is 13.0. The maximum atomic E-state index is 6.41. The van der Waals surface area contributed by atoms with Gasteiger partial charge in [-0.3, -0.25) is 0 Å². The minimum absolute atomic E-state index is 0. The Morgan fingerprint density at radius 1 is 1.13 bits per heavy atom. The van der Waals surface area contributed by atoms with Gasteiger partial charge in [-0.05, 0) is 30.2 Å². The van der Waals surface area contributed by atoms with E-state index in [0.717, 1.165) is 46.4 Å². The Labute approximate surface area is 150 Å². The van der Waals surface area contributed by atoms with Gasteiger partial charge in [0, 0.05) is 34.2 Å². The highest BCUT2D eigenvalue weighted by atomic mass is 79.9. The number of anilines is 2. The lowest BCUT2D eigenvalue weighted by Gasteiger charge is -2.19. The van der Waals surface area contributed by atoms with E-state index in [1.165, 1.54) is 11.1 Å². The summed E-state index contributed by atoms with van der Waals surface area (Å²) in [6.07, 6.45) is 0.962. The zero-order valence-corrected chi connectivity index (χ0v) is 14.9. The number of nitrogens with zero attached hydrogens (tertiary/aromatic N) is 2. The second kappa shape index (κ2) is 6.38. The van der Waals surface area contributed by atoms with Gasteiger partial charge in [-0.2, -0.15) is 0 Å². The third kappa shape index (κ3) is 2.89. The molecule has 3 nitrogen and oxygen atoms in total.